The number of carbonyl (C=O) groups is 1. The fourth-order valence-electron chi connectivity index (χ4n) is 2.03. The summed E-state index contributed by atoms with van der Waals surface area (Å²) in [5.74, 6) is 0.945. The molecule has 0 aliphatic carbocycles. The summed E-state index contributed by atoms with van der Waals surface area (Å²) >= 11 is 0. The number of hydrogen-bond acceptors (Lipinski definition) is 5. The van der Waals surface area contributed by atoms with E-state index in [0.29, 0.717) is 19.7 Å². The highest BCUT2D eigenvalue weighted by Crippen LogP contribution is 2.11. The first-order valence-corrected chi connectivity index (χ1v) is 5.97. The van der Waals surface area contributed by atoms with Gasteiger partial charge in [0.2, 0.25) is 0 Å². The van der Waals surface area contributed by atoms with Crippen LogP contribution >= 0.6 is 0 Å². The Morgan fingerprint density at radius 3 is 2.94 bits per heavy atom. The van der Waals surface area contributed by atoms with Crippen molar-refractivity contribution in [2.75, 3.05) is 19.7 Å². The van der Waals surface area contributed by atoms with Gasteiger partial charge in [-0.1, -0.05) is 0 Å². The fourth-order valence-corrected chi connectivity index (χ4v) is 2.03. The first-order chi connectivity index (χ1) is 8.56. The Hall–Kier alpha value is -1.47. The van der Waals surface area contributed by atoms with Crippen LogP contribution in [0.2, 0.25) is 0 Å². The Balaban J connectivity index is 1.93. The van der Waals surface area contributed by atoms with E-state index in [1.54, 1.807) is 0 Å². The summed E-state index contributed by atoms with van der Waals surface area (Å²) in [4.78, 5) is 12.8. The van der Waals surface area contributed by atoms with Gasteiger partial charge < -0.3 is 14.4 Å². The van der Waals surface area contributed by atoms with Crippen LogP contribution in [-0.2, 0) is 23.1 Å². The van der Waals surface area contributed by atoms with Crippen molar-refractivity contribution in [1.29, 1.82) is 0 Å². The average Bonchev–Trinajstić information content (AvgIpc) is 2.61. The van der Waals surface area contributed by atoms with E-state index in [0.717, 1.165) is 18.2 Å². The minimum atomic E-state index is -0.823. The molecule has 0 bridgehead atoms. The first kappa shape index (κ1) is 13.0. The molecule has 1 saturated heterocycles. The first-order valence-electron chi connectivity index (χ1n) is 5.97. The SMILES string of the molecule is Cc1nnc(CN2CCOC(CC(=O)O)C2)n1C. The van der Waals surface area contributed by atoms with Gasteiger partial charge in [-0.15, -0.1) is 10.2 Å². The maximum absolute atomic E-state index is 10.7. The van der Waals surface area contributed by atoms with Crippen molar-refractivity contribution in [2.45, 2.75) is 26.0 Å². The highest BCUT2D eigenvalue weighted by molar-refractivity contribution is 5.67. The van der Waals surface area contributed by atoms with E-state index >= 15 is 0 Å². The third-order valence-electron chi connectivity index (χ3n) is 3.17. The van der Waals surface area contributed by atoms with E-state index in [1.807, 2.05) is 18.5 Å². The van der Waals surface area contributed by atoms with Gasteiger partial charge in [0.1, 0.15) is 11.6 Å². The Labute approximate surface area is 105 Å². The summed E-state index contributed by atoms with van der Waals surface area (Å²) < 4.78 is 7.37. The molecule has 1 atom stereocenters. The maximum atomic E-state index is 10.7. The summed E-state index contributed by atoms with van der Waals surface area (Å²) in [6.07, 6.45) is -0.181. The molecule has 0 amide bonds. The van der Waals surface area contributed by atoms with E-state index in [9.17, 15) is 4.79 Å². The number of nitrogens with zero attached hydrogens (tertiary/aromatic N) is 4. The van der Waals surface area contributed by atoms with Gasteiger partial charge in [-0.2, -0.15) is 0 Å². The predicted octanol–water partition coefficient (Wildman–Crippen LogP) is -0.201. The molecular weight excluding hydrogens is 236 g/mol. The van der Waals surface area contributed by atoms with Crippen LogP contribution in [0.3, 0.4) is 0 Å². The molecule has 0 radical (unpaired) electrons. The van der Waals surface area contributed by atoms with Crippen LogP contribution < -0.4 is 0 Å². The number of hydrogen-bond donors (Lipinski definition) is 1. The molecule has 1 aromatic rings. The van der Waals surface area contributed by atoms with Crippen molar-refractivity contribution < 1.29 is 14.6 Å². The molecule has 1 aromatic heterocycles. The Kier molecular flexibility index (Phi) is 3.93. The Bertz CT molecular complexity index is 432. The molecular formula is C11H18N4O3. The number of ether oxygens (including phenoxy) is 1. The topological polar surface area (TPSA) is 80.5 Å². The van der Waals surface area contributed by atoms with Crippen LogP contribution in [0, 0.1) is 6.92 Å². The monoisotopic (exact) mass is 254 g/mol. The number of carboxylic acids is 1. The Morgan fingerprint density at radius 2 is 2.33 bits per heavy atom. The second kappa shape index (κ2) is 5.45. The lowest BCUT2D eigenvalue weighted by molar-refractivity contribution is -0.142. The second-order valence-corrected chi connectivity index (χ2v) is 4.55. The zero-order valence-corrected chi connectivity index (χ0v) is 10.7. The van der Waals surface area contributed by atoms with Crippen LogP contribution in [-0.4, -0.2) is 56.5 Å². The summed E-state index contributed by atoms with van der Waals surface area (Å²) in [5, 5.41) is 16.9. The van der Waals surface area contributed by atoms with Crippen LogP contribution in [0.15, 0.2) is 0 Å². The third-order valence-corrected chi connectivity index (χ3v) is 3.17. The molecule has 0 spiro atoms. The minimum Gasteiger partial charge on any atom is -0.481 e. The van der Waals surface area contributed by atoms with Crippen LogP contribution in [0.1, 0.15) is 18.1 Å². The van der Waals surface area contributed by atoms with Crippen molar-refractivity contribution >= 4 is 5.97 Å². The van der Waals surface area contributed by atoms with Gasteiger partial charge in [-0.05, 0) is 6.92 Å². The van der Waals surface area contributed by atoms with Crippen molar-refractivity contribution in [3.05, 3.63) is 11.6 Å². The van der Waals surface area contributed by atoms with Crippen LogP contribution in [0.4, 0.5) is 0 Å². The van der Waals surface area contributed by atoms with Gasteiger partial charge in [0.05, 0.1) is 25.7 Å². The number of carboxylic acid groups (broad SMARTS) is 1. The van der Waals surface area contributed by atoms with E-state index in [-0.39, 0.29) is 12.5 Å². The number of morpholine rings is 1. The smallest absolute Gasteiger partial charge is 0.306 e. The summed E-state index contributed by atoms with van der Waals surface area (Å²) in [6, 6.07) is 0. The highest BCUT2D eigenvalue weighted by Gasteiger charge is 2.23. The van der Waals surface area contributed by atoms with E-state index in [4.69, 9.17) is 9.84 Å². The lowest BCUT2D eigenvalue weighted by atomic mass is 10.2. The number of aliphatic carboxylic acids is 1. The molecule has 2 heterocycles. The largest absolute Gasteiger partial charge is 0.481 e. The molecule has 1 fully saturated rings. The summed E-state index contributed by atoms with van der Waals surface area (Å²) in [5.41, 5.74) is 0. The normalized spacial score (nSPS) is 21.1. The maximum Gasteiger partial charge on any atom is 0.306 e. The molecule has 18 heavy (non-hydrogen) atoms. The summed E-state index contributed by atoms with van der Waals surface area (Å²) in [6.45, 7) is 4.56. The second-order valence-electron chi connectivity index (χ2n) is 4.55. The zero-order chi connectivity index (χ0) is 13.1. The van der Waals surface area contributed by atoms with Gasteiger partial charge in [0.25, 0.3) is 0 Å². The van der Waals surface area contributed by atoms with Gasteiger partial charge in [0.15, 0.2) is 0 Å². The van der Waals surface area contributed by atoms with Crippen molar-refractivity contribution in [3.63, 3.8) is 0 Å². The standard InChI is InChI=1S/C11H18N4O3/c1-8-12-13-10(14(8)2)7-15-3-4-18-9(6-15)5-11(16)17/h9H,3-7H2,1-2H3,(H,16,17). The summed E-state index contributed by atoms with van der Waals surface area (Å²) in [7, 11) is 1.93. The van der Waals surface area contributed by atoms with Gasteiger partial charge in [-0.25, -0.2) is 0 Å². The third kappa shape index (κ3) is 3.05. The van der Waals surface area contributed by atoms with Crippen molar-refractivity contribution in [1.82, 2.24) is 19.7 Å². The molecule has 2 rings (SSSR count). The predicted molar refractivity (Wildman–Crippen MR) is 63.0 cm³/mol. The van der Waals surface area contributed by atoms with Crippen molar-refractivity contribution in [3.8, 4) is 0 Å². The number of rotatable bonds is 4. The molecule has 1 aliphatic rings. The Morgan fingerprint density at radius 1 is 1.56 bits per heavy atom. The lowest BCUT2D eigenvalue weighted by Crippen LogP contribution is -2.43. The number of aromatic nitrogens is 3. The number of aryl methyl sites for hydroxylation is 1. The van der Waals surface area contributed by atoms with Crippen molar-refractivity contribution in [2.24, 2.45) is 7.05 Å². The molecule has 1 N–H and O–H groups in total. The molecule has 0 aromatic carbocycles. The lowest BCUT2D eigenvalue weighted by Gasteiger charge is -2.31. The van der Waals surface area contributed by atoms with Gasteiger partial charge >= 0.3 is 5.97 Å². The molecule has 7 nitrogen and oxygen atoms in total. The molecule has 1 unspecified atom stereocenters. The average molecular weight is 254 g/mol. The van der Waals surface area contributed by atoms with Gasteiger partial charge in [0, 0.05) is 20.1 Å². The molecule has 7 heteroatoms. The fraction of sp³-hybridized carbons (Fsp3) is 0.727. The van der Waals surface area contributed by atoms with E-state index in [1.165, 1.54) is 0 Å². The van der Waals surface area contributed by atoms with Crippen LogP contribution in [0.5, 0.6) is 0 Å². The van der Waals surface area contributed by atoms with Crippen LogP contribution in [0.25, 0.3) is 0 Å². The quantitative estimate of drug-likeness (QED) is 0.801. The highest BCUT2D eigenvalue weighted by atomic mass is 16.5. The molecule has 0 saturated carbocycles. The molecule has 100 valence electrons. The van der Waals surface area contributed by atoms with E-state index in [2.05, 4.69) is 15.1 Å². The molecule has 1 aliphatic heterocycles. The van der Waals surface area contributed by atoms with E-state index < -0.39 is 5.97 Å². The zero-order valence-electron chi connectivity index (χ0n) is 10.7. The van der Waals surface area contributed by atoms with Gasteiger partial charge in [-0.3, -0.25) is 9.69 Å². The minimum absolute atomic E-state index is 0.0499.